The van der Waals surface area contributed by atoms with Gasteiger partial charge in [-0.1, -0.05) is 0 Å². The van der Waals surface area contributed by atoms with Crippen molar-refractivity contribution >= 4 is 0 Å². The Morgan fingerprint density at radius 1 is 1.25 bits per heavy atom. The molecule has 2 heterocycles. The fourth-order valence-electron chi connectivity index (χ4n) is 1.59. The lowest BCUT2D eigenvalue weighted by atomic mass is 10.2. The lowest BCUT2D eigenvalue weighted by Gasteiger charge is -2.24. The van der Waals surface area contributed by atoms with E-state index in [1.807, 2.05) is 0 Å². The Kier molecular flexibility index (Phi) is 2.44. The predicted molar refractivity (Wildman–Crippen MR) is 49.1 cm³/mol. The molecule has 1 unspecified atom stereocenters. The largest absolute Gasteiger partial charge is 0.353 e. The van der Waals surface area contributed by atoms with Crippen LogP contribution in [0.3, 0.4) is 0 Å². The van der Waals surface area contributed by atoms with Gasteiger partial charge in [-0.3, -0.25) is 0 Å². The molecular weight excluding hydrogens is 150 g/mol. The van der Waals surface area contributed by atoms with E-state index in [0.717, 1.165) is 26.2 Å². The van der Waals surface area contributed by atoms with Gasteiger partial charge in [-0.2, -0.15) is 0 Å². The second-order valence-electron chi connectivity index (χ2n) is 3.24. The van der Waals surface area contributed by atoms with Crippen molar-refractivity contribution in [3.05, 3.63) is 24.5 Å². The van der Waals surface area contributed by atoms with Crippen molar-refractivity contribution in [2.75, 3.05) is 19.6 Å². The van der Waals surface area contributed by atoms with E-state index in [9.17, 15) is 0 Å². The summed E-state index contributed by atoms with van der Waals surface area (Å²) in [5, 5.41) is 6.85. The number of aromatic nitrogens is 1. The third kappa shape index (κ3) is 1.87. The summed E-state index contributed by atoms with van der Waals surface area (Å²) in [4.78, 5) is 0. The number of nitrogens with one attached hydrogen (secondary N) is 2. The van der Waals surface area contributed by atoms with Crippen molar-refractivity contribution in [1.82, 2.24) is 15.2 Å². The van der Waals surface area contributed by atoms with Crippen LogP contribution < -0.4 is 10.6 Å². The SMILES string of the molecule is c1ccn(CC2CNCCN2)c1. The van der Waals surface area contributed by atoms with Crippen LogP contribution >= 0.6 is 0 Å². The van der Waals surface area contributed by atoms with Gasteiger partial charge in [0.1, 0.15) is 0 Å². The summed E-state index contributed by atoms with van der Waals surface area (Å²) in [5.74, 6) is 0. The Labute approximate surface area is 72.8 Å². The lowest BCUT2D eigenvalue weighted by Crippen LogP contribution is -2.50. The molecule has 0 bridgehead atoms. The highest BCUT2D eigenvalue weighted by Gasteiger charge is 2.11. The van der Waals surface area contributed by atoms with E-state index in [4.69, 9.17) is 0 Å². The quantitative estimate of drug-likeness (QED) is 0.648. The van der Waals surface area contributed by atoms with E-state index in [-0.39, 0.29) is 0 Å². The molecule has 1 fully saturated rings. The average Bonchev–Trinajstić information content (AvgIpc) is 2.59. The third-order valence-electron chi connectivity index (χ3n) is 2.22. The first kappa shape index (κ1) is 7.83. The number of hydrogen-bond donors (Lipinski definition) is 2. The summed E-state index contributed by atoms with van der Waals surface area (Å²) in [7, 11) is 0. The van der Waals surface area contributed by atoms with Gasteiger partial charge in [-0.25, -0.2) is 0 Å². The second kappa shape index (κ2) is 3.74. The van der Waals surface area contributed by atoms with Gasteiger partial charge in [0.15, 0.2) is 0 Å². The van der Waals surface area contributed by atoms with E-state index in [2.05, 4.69) is 39.7 Å². The minimum Gasteiger partial charge on any atom is -0.353 e. The fraction of sp³-hybridized carbons (Fsp3) is 0.556. The molecule has 0 radical (unpaired) electrons. The molecule has 0 spiro atoms. The van der Waals surface area contributed by atoms with Gasteiger partial charge in [0, 0.05) is 44.6 Å². The van der Waals surface area contributed by atoms with Gasteiger partial charge >= 0.3 is 0 Å². The molecule has 0 aromatic carbocycles. The first-order chi connectivity index (χ1) is 5.95. The fourth-order valence-corrected chi connectivity index (χ4v) is 1.59. The predicted octanol–water partition coefficient (Wildman–Crippen LogP) is 0.0495. The molecular formula is C9H15N3. The molecule has 1 aliphatic heterocycles. The first-order valence-electron chi connectivity index (χ1n) is 4.50. The van der Waals surface area contributed by atoms with Crippen molar-refractivity contribution in [1.29, 1.82) is 0 Å². The maximum atomic E-state index is 3.47. The van der Waals surface area contributed by atoms with E-state index in [0.29, 0.717) is 6.04 Å². The zero-order chi connectivity index (χ0) is 8.23. The van der Waals surface area contributed by atoms with Crippen LogP contribution in [0.5, 0.6) is 0 Å². The molecule has 2 N–H and O–H groups in total. The topological polar surface area (TPSA) is 29.0 Å². The summed E-state index contributed by atoms with van der Waals surface area (Å²) in [6.45, 7) is 4.34. The monoisotopic (exact) mass is 165 g/mol. The minimum atomic E-state index is 0.589. The Balaban J connectivity index is 1.86. The van der Waals surface area contributed by atoms with Crippen LogP contribution in [-0.4, -0.2) is 30.2 Å². The highest BCUT2D eigenvalue weighted by Crippen LogP contribution is 1.95. The van der Waals surface area contributed by atoms with Crippen LogP contribution in [0, 0.1) is 0 Å². The van der Waals surface area contributed by atoms with Crippen molar-refractivity contribution < 1.29 is 0 Å². The molecule has 1 saturated heterocycles. The van der Waals surface area contributed by atoms with Crippen LogP contribution in [0.25, 0.3) is 0 Å². The Morgan fingerprint density at radius 3 is 2.75 bits per heavy atom. The number of hydrogen-bond acceptors (Lipinski definition) is 2. The van der Waals surface area contributed by atoms with Crippen LogP contribution in [0.2, 0.25) is 0 Å². The highest BCUT2D eigenvalue weighted by molar-refractivity contribution is 4.91. The van der Waals surface area contributed by atoms with Gasteiger partial charge < -0.3 is 15.2 Å². The van der Waals surface area contributed by atoms with E-state index in [1.165, 1.54) is 0 Å². The second-order valence-corrected chi connectivity index (χ2v) is 3.24. The molecule has 0 aliphatic carbocycles. The summed E-state index contributed by atoms with van der Waals surface area (Å²) >= 11 is 0. The maximum absolute atomic E-state index is 3.47. The molecule has 1 atom stereocenters. The molecule has 1 aliphatic rings. The van der Waals surface area contributed by atoms with Gasteiger partial charge in [0.25, 0.3) is 0 Å². The molecule has 12 heavy (non-hydrogen) atoms. The van der Waals surface area contributed by atoms with Gasteiger partial charge in [0.2, 0.25) is 0 Å². The Hall–Kier alpha value is -0.800. The van der Waals surface area contributed by atoms with Crippen molar-refractivity contribution in [3.63, 3.8) is 0 Å². The summed E-state index contributed by atoms with van der Waals surface area (Å²) in [5.41, 5.74) is 0. The van der Waals surface area contributed by atoms with E-state index >= 15 is 0 Å². The van der Waals surface area contributed by atoms with Crippen LogP contribution in [0.15, 0.2) is 24.5 Å². The normalized spacial score (nSPS) is 24.2. The number of piperazine rings is 1. The highest BCUT2D eigenvalue weighted by atomic mass is 15.1. The summed E-state index contributed by atoms with van der Waals surface area (Å²) in [6.07, 6.45) is 4.21. The number of nitrogens with zero attached hydrogens (tertiary/aromatic N) is 1. The smallest absolute Gasteiger partial charge is 0.0386 e. The summed E-state index contributed by atoms with van der Waals surface area (Å²) < 4.78 is 2.21. The Bertz CT molecular complexity index is 212. The van der Waals surface area contributed by atoms with Crippen molar-refractivity contribution in [2.45, 2.75) is 12.6 Å². The molecule has 66 valence electrons. The van der Waals surface area contributed by atoms with Gasteiger partial charge in [-0.05, 0) is 12.1 Å². The Morgan fingerprint density at radius 2 is 2.08 bits per heavy atom. The van der Waals surface area contributed by atoms with Gasteiger partial charge in [-0.15, -0.1) is 0 Å². The van der Waals surface area contributed by atoms with Crippen molar-refractivity contribution in [3.8, 4) is 0 Å². The molecule has 0 amide bonds. The van der Waals surface area contributed by atoms with Gasteiger partial charge in [0.05, 0.1) is 0 Å². The molecule has 0 saturated carbocycles. The number of rotatable bonds is 2. The van der Waals surface area contributed by atoms with E-state index in [1.54, 1.807) is 0 Å². The van der Waals surface area contributed by atoms with Crippen molar-refractivity contribution in [2.24, 2.45) is 0 Å². The van der Waals surface area contributed by atoms with Crippen LogP contribution in [-0.2, 0) is 6.54 Å². The lowest BCUT2D eigenvalue weighted by molar-refractivity contribution is 0.380. The third-order valence-corrected chi connectivity index (χ3v) is 2.22. The van der Waals surface area contributed by atoms with E-state index < -0.39 is 0 Å². The molecule has 2 rings (SSSR count). The minimum absolute atomic E-state index is 0.589. The molecule has 1 aromatic rings. The molecule has 1 aromatic heterocycles. The first-order valence-corrected chi connectivity index (χ1v) is 4.50. The molecule has 3 nitrogen and oxygen atoms in total. The van der Waals surface area contributed by atoms with Crippen LogP contribution in [0.4, 0.5) is 0 Å². The van der Waals surface area contributed by atoms with Crippen LogP contribution in [0.1, 0.15) is 0 Å². The maximum Gasteiger partial charge on any atom is 0.0386 e. The molecule has 3 heteroatoms. The zero-order valence-corrected chi connectivity index (χ0v) is 7.16. The average molecular weight is 165 g/mol. The zero-order valence-electron chi connectivity index (χ0n) is 7.16. The summed E-state index contributed by atoms with van der Waals surface area (Å²) in [6, 6.07) is 4.72. The standard InChI is InChI=1S/C9H15N3/c1-2-6-12(5-1)8-9-7-10-3-4-11-9/h1-2,5-6,9-11H,3-4,7-8H2.